The topological polar surface area (TPSA) is 46.3 Å². The van der Waals surface area contributed by atoms with Gasteiger partial charge in [-0.15, -0.1) is 0 Å². The normalized spacial score (nSPS) is 11.4. The van der Waals surface area contributed by atoms with Crippen molar-refractivity contribution in [3.63, 3.8) is 0 Å². The van der Waals surface area contributed by atoms with Gasteiger partial charge in [-0.1, -0.05) is 25.4 Å². The molecule has 5 nitrogen and oxygen atoms in total. The van der Waals surface area contributed by atoms with Gasteiger partial charge in [0.15, 0.2) is 0 Å². The maximum absolute atomic E-state index is 6.17. The second-order valence-corrected chi connectivity index (χ2v) is 5.11. The summed E-state index contributed by atoms with van der Waals surface area (Å²) in [6.45, 7) is 10.3. The van der Waals surface area contributed by atoms with Gasteiger partial charge in [-0.2, -0.15) is 19.6 Å². The highest BCUT2D eigenvalue weighted by atomic mass is 35.5. The highest BCUT2D eigenvalue weighted by Crippen LogP contribution is 2.26. The minimum atomic E-state index is 0.493. The summed E-state index contributed by atoms with van der Waals surface area (Å²) < 4.78 is 1.76. The molecular weight excluding hydrogens is 250 g/mol. The number of aromatic nitrogens is 4. The first kappa shape index (κ1) is 13.1. The Morgan fingerprint density at radius 3 is 2.78 bits per heavy atom. The van der Waals surface area contributed by atoms with Crippen LogP contribution < -0.4 is 4.90 Å². The summed E-state index contributed by atoms with van der Waals surface area (Å²) in [5.74, 6) is 2.09. The van der Waals surface area contributed by atoms with Crippen LogP contribution in [0.5, 0.6) is 0 Å². The Hall–Kier alpha value is -1.36. The maximum Gasteiger partial charge on any atom is 0.255 e. The fourth-order valence-electron chi connectivity index (χ4n) is 2.06. The van der Waals surface area contributed by atoms with E-state index in [9.17, 15) is 0 Å². The van der Waals surface area contributed by atoms with Crippen molar-refractivity contribution in [3.05, 3.63) is 17.0 Å². The lowest BCUT2D eigenvalue weighted by Gasteiger charge is -2.26. The second-order valence-electron chi connectivity index (χ2n) is 4.76. The second kappa shape index (κ2) is 5.10. The Balaban J connectivity index is 2.59. The van der Waals surface area contributed by atoms with Gasteiger partial charge in [-0.3, -0.25) is 0 Å². The number of halogens is 1. The third-order valence-corrected chi connectivity index (χ3v) is 3.21. The summed E-state index contributed by atoms with van der Waals surface area (Å²) in [4.78, 5) is 10.6. The Labute approximate surface area is 112 Å². The van der Waals surface area contributed by atoms with E-state index in [0.29, 0.717) is 16.8 Å². The van der Waals surface area contributed by atoms with Gasteiger partial charge in [-0.25, -0.2) is 0 Å². The first-order valence-corrected chi connectivity index (χ1v) is 6.53. The molecule has 0 radical (unpaired) electrons. The molecule has 0 saturated carbocycles. The summed E-state index contributed by atoms with van der Waals surface area (Å²) in [7, 11) is 0. The summed E-state index contributed by atoms with van der Waals surface area (Å²) in [5.41, 5.74) is 0.942. The van der Waals surface area contributed by atoms with Crippen molar-refractivity contribution in [2.24, 2.45) is 5.92 Å². The van der Waals surface area contributed by atoms with E-state index in [1.807, 2.05) is 6.92 Å². The van der Waals surface area contributed by atoms with E-state index in [0.717, 1.165) is 24.5 Å². The molecule has 0 fully saturated rings. The highest BCUT2D eigenvalue weighted by Gasteiger charge is 2.17. The lowest BCUT2D eigenvalue weighted by atomic mass is 10.2. The van der Waals surface area contributed by atoms with Gasteiger partial charge in [0.05, 0.1) is 0 Å². The zero-order valence-electron chi connectivity index (χ0n) is 11.2. The van der Waals surface area contributed by atoms with Crippen molar-refractivity contribution in [1.29, 1.82) is 0 Å². The first-order valence-electron chi connectivity index (χ1n) is 6.15. The summed E-state index contributed by atoms with van der Waals surface area (Å²) in [6, 6.07) is 0. The van der Waals surface area contributed by atoms with Gasteiger partial charge in [0.2, 0.25) is 0 Å². The molecule has 18 heavy (non-hydrogen) atoms. The van der Waals surface area contributed by atoms with Gasteiger partial charge >= 0.3 is 0 Å². The molecule has 6 heteroatoms. The minimum absolute atomic E-state index is 0.493. The van der Waals surface area contributed by atoms with Gasteiger partial charge in [0.1, 0.15) is 17.3 Å². The van der Waals surface area contributed by atoms with Crippen LogP contribution in [0.2, 0.25) is 5.15 Å². The molecule has 2 aromatic heterocycles. The van der Waals surface area contributed by atoms with Crippen LogP contribution in [0, 0.1) is 12.8 Å². The van der Waals surface area contributed by atoms with Crippen molar-refractivity contribution >= 4 is 23.2 Å². The molecule has 0 unspecified atom stereocenters. The predicted octanol–water partition coefficient (Wildman–Crippen LogP) is 2.57. The molecule has 98 valence electrons. The highest BCUT2D eigenvalue weighted by molar-refractivity contribution is 6.30. The van der Waals surface area contributed by atoms with Crippen LogP contribution in [0.25, 0.3) is 5.78 Å². The molecule has 0 N–H and O–H groups in total. The van der Waals surface area contributed by atoms with Crippen molar-refractivity contribution < 1.29 is 0 Å². The van der Waals surface area contributed by atoms with E-state index in [4.69, 9.17) is 11.6 Å². The third-order valence-electron chi connectivity index (χ3n) is 2.84. The van der Waals surface area contributed by atoms with Crippen molar-refractivity contribution in [1.82, 2.24) is 19.6 Å². The van der Waals surface area contributed by atoms with E-state index < -0.39 is 0 Å². The average Bonchev–Trinajstić information content (AvgIpc) is 2.75. The van der Waals surface area contributed by atoms with E-state index >= 15 is 0 Å². The molecule has 2 rings (SSSR count). The molecule has 0 bridgehead atoms. The number of rotatable bonds is 4. The summed E-state index contributed by atoms with van der Waals surface area (Å²) in [5, 5.41) is 4.73. The molecule has 0 aromatic carbocycles. The quantitative estimate of drug-likeness (QED) is 0.799. The van der Waals surface area contributed by atoms with Gasteiger partial charge in [-0.05, 0) is 19.8 Å². The van der Waals surface area contributed by atoms with Gasteiger partial charge in [0.25, 0.3) is 5.78 Å². The lowest BCUT2D eigenvalue weighted by Crippen LogP contribution is -2.30. The number of hydrogen-bond acceptors (Lipinski definition) is 4. The Morgan fingerprint density at radius 2 is 2.17 bits per heavy atom. The van der Waals surface area contributed by atoms with Crippen LogP contribution in [-0.4, -0.2) is 32.7 Å². The number of anilines is 1. The molecule has 0 saturated heterocycles. The standard InChI is InChI=1S/C12H18ClN5/c1-5-17(6-8(2)3)11-9(4)10(13)16-12-14-7-15-18(11)12/h7-8H,5-6H2,1-4H3. The average molecular weight is 268 g/mol. The fraction of sp³-hybridized carbons (Fsp3) is 0.583. The first-order chi connectivity index (χ1) is 8.54. The monoisotopic (exact) mass is 267 g/mol. The van der Waals surface area contributed by atoms with Crippen LogP contribution in [-0.2, 0) is 0 Å². The Kier molecular flexibility index (Phi) is 3.71. The van der Waals surface area contributed by atoms with Gasteiger partial charge < -0.3 is 4.90 Å². The number of nitrogens with zero attached hydrogens (tertiary/aromatic N) is 5. The SMILES string of the molecule is CCN(CC(C)C)c1c(C)c(Cl)nc2ncnn12. The largest absolute Gasteiger partial charge is 0.356 e. The van der Waals surface area contributed by atoms with Crippen molar-refractivity contribution in [3.8, 4) is 0 Å². The summed E-state index contributed by atoms with van der Waals surface area (Å²) in [6.07, 6.45) is 1.50. The fourth-order valence-corrected chi connectivity index (χ4v) is 2.22. The van der Waals surface area contributed by atoms with Crippen molar-refractivity contribution in [2.75, 3.05) is 18.0 Å². The summed E-state index contributed by atoms with van der Waals surface area (Å²) >= 11 is 6.17. The lowest BCUT2D eigenvalue weighted by molar-refractivity contribution is 0.607. The molecular formula is C12H18ClN5. The molecule has 0 aliphatic carbocycles. The minimum Gasteiger partial charge on any atom is -0.356 e. The van der Waals surface area contributed by atoms with Crippen molar-refractivity contribution in [2.45, 2.75) is 27.7 Å². The molecule has 0 aliphatic rings. The molecule has 0 aliphatic heterocycles. The molecule has 0 spiro atoms. The van der Waals surface area contributed by atoms with Crippen LogP contribution >= 0.6 is 11.6 Å². The molecule has 0 amide bonds. The molecule has 2 heterocycles. The van der Waals surface area contributed by atoms with E-state index in [2.05, 4.69) is 40.7 Å². The molecule has 0 atom stereocenters. The zero-order chi connectivity index (χ0) is 13.3. The molecule has 2 aromatic rings. The smallest absolute Gasteiger partial charge is 0.255 e. The maximum atomic E-state index is 6.17. The van der Waals surface area contributed by atoms with Crippen LogP contribution in [0.3, 0.4) is 0 Å². The van der Waals surface area contributed by atoms with Crippen LogP contribution in [0.1, 0.15) is 26.3 Å². The predicted molar refractivity (Wildman–Crippen MR) is 73.3 cm³/mol. The van der Waals surface area contributed by atoms with E-state index in [-0.39, 0.29) is 0 Å². The zero-order valence-corrected chi connectivity index (χ0v) is 11.9. The number of fused-ring (bicyclic) bond motifs is 1. The van der Waals surface area contributed by atoms with Gasteiger partial charge in [0, 0.05) is 18.7 Å². The van der Waals surface area contributed by atoms with Crippen LogP contribution in [0.4, 0.5) is 5.82 Å². The number of hydrogen-bond donors (Lipinski definition) is 0. The third kappa shape index (κ3) is 2.27. The van der Waals surface area contributed by atoms with E-state index in [1.165, 1.54) is 6.33 Å². The Bertz CT molecular complexity index is 549. The Morgan fingerprint density at radius 1 is 1.44 bits per heavy atom. The van der Waals surface area contributed by atoms with E-state index in [1.54, 1.807) is 4.52 Å². The van der Waals surface area contributed by atoms with Crippen LogP contribution in [0.15, 0.2) is 6.33 Å².